The molecule has 6 rings (SSSR count). The average molecular weight is 715 g/mol. The number of aromatic nitrogens is 2. The number of halogens is 4. The summed E-state index contributed by atoms with van der Waals surface area (Å²) in [6.07, 6.45) is -3.41. The maximum Gasteiger partial charge on any atom is 0.412 e. The van der Waals surface area contributed by atoms with Gasteiger partial charge in [0.15, 0.2) is 5.82 Å². The highest BCUT2D eigenvalue weighted by Gasteiger charge is 2.45. The third kappa shape index (κ3) is 6.41. The number of thiophene rings is 1. The van der Waals surface area contributed by atoms with Gasteiger partial charge in [-0.2, -0.15) is 10.2 Å². The molecule has 264 valence electrons. The number of piperazine rings is 1. The Labute approximate surface area is 287 Å². The van der Waals surface area contributed by atoms with Crippen molar-refractivity contribution in [1.82, 2.24) is 14.9 Å². The van der Waals surface area contributed by atoms with Crippen molar-refractivity contribution in [2.45, 2.75) is 84.1 Å². The maximum atomic E-state index is 16.8. The van der Waals surface area contributed by atoms with Crippen LogP contribution >= 0.6 is 11.3 Å². The second kappa shape index (κ2) is 12.4. The minimum absolute atomic E-state index is 0.0295. The van der Waals surface area contributed by atoms with Crippen LogP contribution in [0.3, 0.4) is 0 Å². The van der Waals surface area contributed by atoms with E-state index in [0.29, 0.717) is 24.2 Å². The third-order valence-electron chi connectivity index (χ3n) is 8.38. The van der Waals surface area contributed by atoms with Crippen LogP contribution in [0.25, 0.3) is 32.1 Å². The van der Waals surface area contributed by atoms with Gasteiger partial charge < -0.3 is 19.4 Å². The number of benzene rings is 2. The van der Waals surface area contributed by atoms with Gasteiger partial charge in [0.25, 0.3) is 6.43 Å². The van der Waals surface area contributed by atoms with Crippen LogP contribution < -0.4 is 15.9 Å². The van der Waals surface area contributed by atoms with Crippen LogP contribution in [0, 0.1) is 23.0 Å². The predicted octanol–water partition coefficient (Wildman–Crippen LogP) is 7.83. The molecular formula is C34H34F4N6O5S. The van der Waals surface area contributed by atoms with E-state index >= 15 is 8.78 Å². The van der Waals surface area contributed by atoms with E-state index in [1.54, 1.807) is 51.3 Å². The molecule has 4 aromatic rings. The summed E-state index contributed by atoms with van der Waals surface area (Å²) in [6.45, 7) is 10.5. The number of alkyl halides is 2. The second-order valence-electron chi connectivity index (χ2n) is 14.3. The van der Waals surface area contributed by atoms with Crippen molar-refractivity contribution in [1.29, 1.82) is 5.26 Å². The number of nitrogens with zero attached hydrogens (tertiary/aromatic N) is 4. The van der Waals surface area contributed by atoms with E-state index in [0.717, 1.165) is 18.2 Å². The number of hydrogen-bond donors (Lipinski definition) is 2. The third-order valence-corrected chi connectivity index (χ3v) is 9.50. The average Bonchev–Trinajstić information content (AvgIpc) is 3.49. The summed E-state index contributed by atoms with van der Waals surface area (Å²) < 4.78 is 72.5. The summed E-state index contributed by atoms with van der Waals surface area (Å²) in [4.78, 5) is 48.2. The lowest BCUT2D eigenvalue weighted by atomic mass is 9.93. The van der Waals surface area contributed by atoms with Crippen LogP contribution in [-0.2, 0) is 9.47 Å². The van der Waals surface area contributed by atoms with Crippen molar-refractivity contribution in [3.05, 3.63) is 51.4 Å². The zero-order valence-corrected chi connectivity index (χ0v) is 28.9. The highest BCUT2D eigenvalue weighted by atomic mass is 32.1. The first-order chi connectivity index (χ1) is 23.4. The Morgan fingerprint density at radius 1 is 1.08 bits per heavy atom. The highest BCUT2D eigenvalue weighted by Crippen LogP contribution is 2.47. The Bertz CT molecular complexity index is 2130. The molecule has 2 fully saturated rings. The summed E-state index contributed by atoms with van der Waals surface area (Å²) in [6, 6.07) is 4.30. The van der Waals surface area contributed by atoms with Gasteiger partial charge in [0.2, 0.25) is 0 Å². The molecule has 2 amide bonds. The fraction of sp³-hybridized carbons (Fsp3) is 0.441. The molecule has 2 saturated heterocycles. The van der Waals surface area contributed by atoms with Gasteiger partial charge in [-0.3, -0.25) is 10.2 Å². The molecule has 0 radical (unpaired) electrons. The van der Waals surface area contributed by atoms with Crippen LogP contribution in [0.1, 0.15) is 71.9 Å². The normalized spacial score (nSPS) is 17.8. The SMILES string of the molecule is CC(C)(C)OC(=O)Nc1sc2c(F)ccc(-c3c(C(F)F)cc4c(N5CC6CCC(C5)N6C(=O)OC(C)(C)C)nc(=O)[nH]c4c3F)c2c1C#N. The first-order valence-electron chi connectivity index (χ1n) is 15.8. The van der Waals surface area contributed by atoms with Crippen molar-refractivity contribution >= 4 is 55.3 Å². The Hall–Kier alpha value is -4.91. The van der Waals surface area contributed by atoms with Gasteiger partial charge in [0.05, 0.1) is 27.9 Å². The standard InChI is InChI=1S/C34H34F4N6O5S/c1-33(2,3)48-31(46)42-29-20(12-39)23-17(9-10-21(35)26(23)50-29)22-18(27(37)38)11-19-25(24(22)36)40-30(45)41-28(19)43-13-15-7-8-16(14-43)44(15)32(47)49-34(4,5)6/h9-11,15-16,27H,7-8,13-14H2,1-6H3,(H,42,46)(H,40,41,45). The Kier molecular flexibility index (Phi) is 8.70. The van der Waals surface area contributed by atoms with Crippen LogP contribution in [0.5, 0.6) is 0 Å². The van der Waals surface area contributed by atoms with Crippen molar-refractivity contribution in [2.75, 3.05) is 23.3 Å². The number of amides is 2. The van der Waals surface area contributed by atoms with Crippen molar-refractivity contribution in [2.24, 2.45) is 0 Å². The fourth-order valence-corrected chi connectivity index (χ4v) is 7.67. The number of ether oxygens (including phenoxy) is 2. The van der Waals surface area contributed by atoms with E-state index < -0.39 is 63.8 Å². The van der Waals surface area contributed by atoms with Gasteiger partial charge in [-0.1, -0.05) is 6.07 Å². The first-order valence-corrected chi connectivity index (χ1v) is 16.6. The van der Waals surface area contributed by atoms with Crippen LogP contribution in [0.4, 0.5) is 38.0 Å². The van der Waals surface area contributed by atoms with Crippen molar-refractivity contribution in [3.63, 3.8) is 0 Å². The van der Waals surface area contributed by atoms with E-state index in [4.69, 9.17) is 9.47 Å². The van der Waals surface area contributed by atoms with Gasteiger partial charge in [0.1, 0.15) is 33.9 Å². The highest BCUT2D eigenvalue weighted by molar-refractivity contribution is 7.23. The Balaban J connectivity index is 1.48. The zero-order chi connectivity index (χ0) is 36.4. The molecule has 2 unspecified atom stereocenters. The number of nitriles is 1. The van der Waals surface area contributed by atoms with Crippen molar-refractivity contribution < 1.29 is 36.6 Å². The molecule has 2 aromatic carbocycles. The van der Waals surface area contributed by atoms with Gasteiger partial charge in [-0.25, -0.2) is 31.9 Å². The second-order valence-corrected chi connectivity index (χ2v) is 15.3. The van der Waals surface area contributed by atoms with Crippen molar-refractivity contribution in [3.8, 4) is 17.2 Å². The van der Waals surface area contributed by atoms with Gasteiger partial charge in [0, 0.05) is 35.0 Å². The molecule has 0 spiro atoms. The minimum atomic E-state index is -3.26. The van der Waals surface area contributed by atoms with Crippen LogP contribution in [0.2, 0.25) is 0 Å². The summed E-state index contributed by atoms with van der Waals surface area (Å²) in [5.41, 5.74) is -4.95. The smallest absolute Gasteiger partial charge is 0.412 e. The summed E-state index contributed by atoms with van der Waals surface area (Å²) >= 11 is 0.666. The number of rotatable bonds is 4. The first kappa shape index (κ1) is 34.9. The molecule has 50 heavy (non-hydrogen) atoms. The van der Waals surface area contributed by atoms with E-state index in [1.165, 1.54) is 0 Å². The zero-order valence-electron chi connectivity index (χ0n) is 28.0. The van der Waals surface area contributed by atoms with E-state index in [2.05, 4.69) is 15.3 Å². The van der Waals surface area contributed by atoms with Gasteiger partial charge in [-0.15, -0.1) is 11.3 Å². The van der Waals surface area contributed by atoms with E-state index in [9.17, 15) is 28.4 Å². The van der Waals surface area contributed by atoms with Crippen LogP contribution in [-0.4, -0.2) is 63.4 Å². The number of hydrogen-bond acceptors (Lipinski definition) is 9. The molecule has 2 N–H and O–H groups in total. The summed E-state index contributed by atoms with van der Waals surface area (Å²) in [5, 5.41) is 12.1. The fourth-order valence-electron chi connectivity index (χ4n) is 6.61. The molecule has 11 nitrogen and oxygen atoms in total. The largest absolute Gasteiger partial charge is 0.444 e. The molecular weight excluding hydrogens is 680 g/mol. The molecule has 2 aromatic heterocycles. The van der Waals surface area contributed by atoms with E-state index in [1.807, 2.05) is 6.07 Å². The molecule has 2 aliphatic heterocycles. The maximum absolute atomic E-state index is 16.8. The number of anilines is 2. The van der Waals surface area contributed by atoms with Crippen LogP contribution in [0.15, 0.2) is 23.0 Å². The number of aromatic amines is 1. The number of nitrogens with one attached hydrogen (secondary N) is 2. The number of fused-ring (bicyclic) bond motifs is 4. The lowest BCUT2D eigenvalue weighted by Gasteiger charge is -2.42. The number of carbonyl (C=O) groups is 2. The predicted molar refractivity (Wildman–Crippen MR) is 180 cm³/mol. The number of H-pyrrole nitrogens is 1. The molecule has 0 aliphatic carbocycles. The quantitative estimate of drug-likeness (QED) is 0.204. The molecule has 4 heterocycles. The molecule has 2 atom stereocenters. The lowest BCUT2D eigenvalue weighted by Crippen LogP contribution is -2.57. The topological polar surface area (TPSA) is 141 Å². The van der Waals surface area contributed by atoms with E-state index in [-0.39, 0.29) is 62.6 Å². The van der Waals surface area contributed by atoms with Gasteiger partial charge >= 0.3 is 17.9 Å². The molecule has 2 bridgehead atoms. The summed E-state index contributed by atoms with van der Waals surface area (Å²) in [5.74, 6) is -2.10. The number of carbonyl (C=O) groups excluding carboxylic acids is 2. The van der Waals surface area contributed by atoms with Gasteiger partial charge in [-0.05, 0) is 72.1 Å². The Morgan fingerprint density at radius 3 is 2.30 bits per heavy atom. The Morgan fingerprint density at radius 2 is 1.72 bits per heavy atom. The molecule has 0 saturated carbocycles. The monoisotopic (exact) mass is 714 g/mol. The molecule has 2 aliphatic rings. The molecule has 16 heteroatoms. The lowest BCUT2D eigenvalue weighted by molar-refractivity contribution is 0.0122. The minimum Gasteiger partial charge on any atom is -0.444 e. The summed E-state index contributed by atoms with van der Waals surface area (Å²) in [7, 11) is 0.